The molecule has 0 N–H and O–H groups in total. The van der Waals surface area contributed by atoms with Gasteiger partial charge in [0.1, 0.15) is 11.5 Å². The summed E-state index contributed by atoms with van der Waals surface area (Å²) in [6.07, 6.45) is 4.78. The number of likely N-dealkylation sites (tertiary alicyclic amines) is 1. The summed E-state index contributed by atoms with van der Waals surface area (Å²) in [5.74, 6) is 1.22. The lowest BCUT2D eigenvalue weighted by atomic mass is 9.78. The Kier molecular flexibility index (Phi) is 8.48. The van der Waals surface area contributed by atoms with E-state index >= 15 is 0 Å². The maximum atomic E-state index is 13.6. The van der Waals surface area contributed by atoms with Gasteiger partial charge in [-0.1, -0.05) is 17.7 Å². The first kappa shape index (κ1) is 26.8. The zero-order valence-electron chi connectivity index (χ0n) is 21.0. The number of hydrogen-bond donors (Lipinski definition) is 0. The van der Waals surface area contributed by atoms with Gasteiger partial charge in [-0.3, -0.25) is 4.79 Å². The molecule has 2 fully saturated rings. The van der Waals surface area contributed by atoms with Crippen molar-refractivity contribution in [3.8, 4) is 11.5 Å². The van der Waals surface area contributed by atoms with Crippen LogP contribution in [0.1, 0.15) is 44.1 Å². The van der Waals surface area contributed by atoms with Crippen molar-refractivity contribution in [1.82, 2.24) is 9.21 Å². The number of carbonyl (C=O) groups excluding carboxylic acids is 1. The number of hydrogen-bond acceptors (Lipinski definition) is 5. The molecule has 2 heterocycles. The first-order valence-corrected chi connectivity index (χ1v) is 14.4. The molecule has 0 saturated carbocycles. The van der Waals surface area contributed by atoms with Gasteiger partial charge in [-0.25, -0.2) is 8.42 Å². The van der Waals surface area contributed by atoms with Gasteiger partial charge >= 0.3 is 0 Å². The van der Waals surface area contributed by atoms with Gasteiger partial charge in [-0.2, -0.15) is 4.31 Å². The second-order valence-corrected chi connectivity index (χ2v) is 12.3. The minimum Gasteiger partial charge on any atom is -0.497 e. The van der Waals surface area contributed by atoms with Crippen LogP contribution in [0.3, 0.4) is 0 Å². The first-order valence-electron chi connectivity index (χ1n) is 12.5. The summed E-state index contributed by atoms with van der Waals surface area (Å²) in [6.45, 7) is 4.31. The van der Waals surface area contributed by atoms with Crippen LogP contribution in [-0.4, -0.2) is 63.4 Å². The van der Waals surface area contributed by atoms with Crippen molar-refractivity contribution in [2.45, 2.75) is 50.3 Å². The zero-order chi connectivity index (χ0) is 25.8. The van der Waals surface area contributed by atoms with E-state index in [-0.39, 0.29) is 30.4 Å². The molecular weight excluding hydrogens is 500 g/mol. The van der Waals surface area contributed by atoms with Crippen molar-refractivity contribution >= 4 is 27.5 Å². The molecular formula is C27H35ClN2O5S. The Morgan fingerprint density at radius 3 is 2.53 bits per heavy atom. The van der Waals surface area contributed by atoms with Crippen LogP contribution in [0.15, 0.2) is 47.4 Å². The normalized spacial score (nSPS) is 21.2. The highest BCUT2D eigenvalue weighted by Gasteiger charge is 2.43. The monoisotopic (exact) mass is 534 g/mol. The smallest absolute Gasteiger partial charge is 0.243 e. The van der Waals surface area contributed by atoms with Crippen LogP contribution in [0.4, 0.5) is 0 Å². The SMILES string of the molecule is COc1cccc(S(=O)(=O)N2CCCC(COc3ccc(Cl)c(C)c3)(CC(=O)N3CCCCC3)C2)c1. The number of halogens is 1. The molecule has 0 aromatic heterocycles. The van der Waals surface area contributed by atoms with Crippen LogP contribution in [0.5, 0.6) is 11.5 Å². The maximum Gasteiger partial charge on any atom is 0.243 e. The third kappa shape index (κ3) is 6.15. The second-order valence-electron chi connectivity index (χ2n) is 9.94. The summed E-state index contributed by atoms with van der Waals surface area (Å²) in [7, 11) is -2.25. The lowest BCUT2D eigenvalue weighted by molar-refractivity contribution is -0.136. The molecule has 0 spiro atoms. The molecule has 36 heavy (non-hydrogen) atoms. The van der Waals surface area contributed by atoms with E-state index in [1.165, 1.54) is 17.5 Å². The molecule has 2 aliphatic rings. The van der Waals surface area contributed by atoms with Crippen LogP contribution in [0.2, 0.25) is 5.02 Å². The van der Waals surface area contributed by atoms with Gasteiger partial charge in [0.15, 0.2) is 0 Å². The molecule has 9 heteroatoms. The number of sulfonamides is 1. The molecule has 196 valence electrons. The van der Waals surface area contributed by atoms with Crippen LogP contribution in [0.25, 0.3) is 0 Å². The molecule has 1 unspecified atom stereocenters. The number of rotatable bonds is 8. The Labute approximate surface area is 219 Å². The predicted octanol–water partition coefficient (Wildman–Crippen LogP) is 4.91. The van der Waals surface area contributed by atoms with E-state index in [1.807, 2.05) is 24.0 Å². The first-order chi connectivity index (χ1) is 17.2. The number of ether oxygens (including phenoxy) is 2. The number of aryl methyl sites for hydroxylation is 1. The van der Waals surface area contributed by atoms with Crippen molar-refractivity contribution in [3.05, 3.63) is 53.1 Å². The van der Waals surface area contributed by atoms with Crippen LogP contribution in [0, 0.1) is 12.3 Å². The number of benzene rings is 2. The summed E-state index contributed by atoms with van der Waals surface area (Å²) in [5, 5.41) is 0.658. The average molecular weight is 535 g/mol. The number of piperidine rings is 2. The van der Waals surface area contributed by atoms with E-state index in [0.717, 1.165) is 37.9 Å². The molecule has 2 saturated heterocycles. The van der Waals surface area contributed by atoms with Crippen molar-refractivity contribution < 1.29 is 22.7 Å². The lowest BCUT2D eigenvalue weighted by Gasteiger charge is -2.42. The fourth-order valence-corrected chi connectivity index (χ4v) is 6.86. The van der Waals surface area contributed by atoms with Gasteiger partial charge in [-0.15, -0.1) is 0 Å². The lowest BCUT2D eigenvalue weighted by Crippen LogP contribution is -2.51. The van der Waals surface area contributed by atoms with E-state index in [9.17, 15) is 13.2 Å². The molecule has 1 atom stereocenters. The Balaban J connectivity index is 1.59. The van der Waals surface area contributed by atoms with Crippen molar-refractivity contribution in [2.75, 3.05) is 39.9 Å². The minimum atomic E-state index is -3.77. The summed E-state index contributed by atoms with van der Waals surface area (Å²) >= 11 is 6.17. The quantitative estimate of drug-likeness (QED) is 0.481. The van der Waals surface area contributed by atoms with Gasteiger partial charge in [0.25, 0.3) is 0 Å². The number of nitrogens with zero attached hydrogens (tertiary/aromatic N) is 2. The van der Waals surface area contributed by atoms with E-state index < -0.39 is 15.4 Å². The highest BCUT2D eigenvalue weighted by atomic mass is 35.5. The molecule has 2 aromatic rings. The Bertz CT molecular complexity index is 1180. The molecule has 7 nitrogen and oxygen atoms in total. The summed E-state index contributed by atoms with van der Waals surface area (Å²) in [5.41, 5.74) is 0.269. The number of carbonyl (C=O) groups is 1. The minimum absolute atomic E-state index is 0.0752. The highest BCUT2D eigenvalue weighted by molar-refractivity contribution is 7.89. The van der Waals surface area contributed by atoms with Crippen molar-refractivity contribution in [3.63, 3.8) is 0 Å². The standard InChI is InChI=1S/C27H35ClN2O5S/c1-21-16-23(10-11-25(21)28)35-20-27(18-26(31)29-13-4-3-5-14-29)12-7-15-30(19-27)36(32,33)24-9-6-8-22(17-24)34-2/h6,8-11,16-17H,3-5,7,12-15,18-20H2,1-2H3. The van der Waals surface area contributed by atoms with Gasteiger partial charge in [0.05, 0.1) is 18.6 Å². The molecule has 4 rings (SSSR count). The van der Waals surface area contributed by atoms with Crippen LogP contribution < -0.4 is 9.47 Å². The fourth-order valence-electron chi connectivity index (χ4n) is 5.11. The fraction of sp³-hybridized carbons (Fsp3) is 0.519. The highest BCUT2D eigenvalue weighted by Crippen LogP contribution is 2.38. The van der Waals surface area contributed by atoms with Gasteiger partial charge in [0.2, 0.25) is 15.9 Å². The molecule has 0 bridgehead atoms. The number of amides is 1. The van der Waals surface area contributed by atoms with Gasteiger partial charge in [-0.05, 0) is 74.9 Å². The largest absolute Gasteiger partial charge is 0.497 e. The second kappa shape index (κ2) is 11.4. The molecule has 1 amide bonds. The molecule has 0 radical (unpaired) electrons. The average Bonchev–Trinajstić information content (AvgIpc) is 2.90. The summed E-state index contributed by atoms with van der Waals surface area (Å²) in [4.78, 5) is 15.5. The van der Waals surface area contributed by atoms with E-state index in [0.29, 0.717) is 35.9 Å². The Hall–Kier alpha value is -2.29. The zero-order valence-corrected chi connectivity index (χ0v) is 22.6. The van der Waals surface area contributed by atoms with Gasteiger partial charge in [0, 0.05) is 49.1 Å². The molecule has 2 aromatic carbocycles. The van der Waals surface area contributed by atoms with E-state index in [1.54, 1.807) is 24.3 Å². The Morgan fingerprint density at radius 2 is 1.81 bits per heavy atom. The topological polar surface area (TPSA) is 76.1 Å². The third-order valence-corrected chi connectivity index (χ3v) is 9.48. The van der Waals surface area contributed by atoms with E-state index in [4.69, 9.17) is 21.1 Å². The summed E-state index contributed by atoms with van der Waals surface area (Å²) < 4.78 is 40.2. The van der Waals surface area contributed by atoms with Crippen LogP contribution in [-0.2, 0) is 14.8 Å². The Morgan fingerprint density at radius 1 is 1.03 bits per heavy atom. The maximum absolute atomic E-state index is 13.6. The number of methoxy groups -OCH3 is 1. The van der Waals surface area contributed by atoms with Crippen molar-refractivity contribution in [1.29, 1.82) is 0 Å². The van der Waals surface area contributed by atoms with Crippen molar-refractivity contribution in [2.24, 2.45) is 5.41 Å². The van der Waals surface area contributed by atoms with E-state index in [2.05, 4.69) is 0 Å². The summed E-state index contributed by atoms with van der Waals surface area (Å²) in [6, 6.07) is 12.0. The van der Waals surface area contributed by atoms with Gasteiger partial charge < -0.3 is 14.4 Å². The molecule has 0 aliphatic carbocycles. The molecule has 2 aliphatic heterocycles. The predicted molar refractivity (Wildman–Crippen MR) is 140 cm³/mol. The van der Waals surface area contributed by atoms with Crippen LogP contribution >= 0.6 is 11.6 Å². The third-order valence-electron chi connectivity index (χ3n) is 7.21.